The van der Waals surface area contributed by atoms with Gasteiger partial charge >= 0.3 is 0 Å². The predicted molar refractivity (Wildman–Crippen MR) is 136 cm³/mol. The van der Waals surface area contributed by atoms with Gasteiger partial charge < -0.3 is 10.2 Å². The molecule has 1 saturated heterocycles. The monoisotopic (exact) mass is 454 g/mol. The van der Waals surface area contributed by atoms with Gasteiger partial charge in [-0.3, -0.25) is 4.79 Å². The maximum Gasteiger partial charge on any atom is 0.255 e. The lowest BCUT2D eigenvalue weighted by Crippen LogP contribution is -2.36. The summed E-state index contributed by atoms with van der Waals surface area (Å²) >= 11 is 0. The number of nitrogens with one attached hydrogen (secondary N) is 1. The highest BCUT2D eigenvalue weighted by atomic mass is 16.1. The van der Waals surface area contributed by atoms with Crippen LogP contribution in [0, 0.1) is 5.92 Å². The van der Waals surface area contributed by atoms with Crippen molar-refractivity contribution < 1.29 is 4.79 Å². The topological polar surface area (TPSA) is 58.1 Å². The van der Waals surface area contributed by atoms with Crippen molar-refractivity contribution in [2.24, 2.45) is 5.92 Å². The number of hydrogen-bond donors (Lipinski definition) is 1. The summed E-state index contributed by atoms with van der Waals surface area (Å²) in [6, 6.07) is 20.6. The van der Waals surface area contributed by atoms with Crippen LogP contribution >= 0.6 is 0 Å². The second-order valence-electron chi connectivity index (χ2n) is 9.83. The van der Waals surface area contributed by atoms with E-state index < -0.39 is 0 Å². The Balaban J connectivity index is 1.56. The Bertz CT molecular complexity index is 1130. The van der Waals surface area contributed by atoms with E-state index >= 15 is 0 Å². The molecule has 1 aromatic heterocycles. The summed E-state index contributed by atoms with van der Waals surface area (Å²) in [5.74, 6) is 1.46. The summed E-state index contributed by atoms with van der Waals surface area (Å²) in [6.45, 7) is 6.84. The standard InChI is InChI=1S/C29H34N4O/c1-3-24-25(27(34)30-20-22-10-6-4-7-11-22)26(29(16-17-29)23-12-8-5-9-13-23)32-28(31-24)33-18-14-21(2)15-19-33/h4-13,21H,3,14-20H2,1-2H3,(H,30,34). The van der Waals surface area contributed by atoms with Gasteiger partial charge in [0.15, 0.2) is 0 Å². The molecule has 2 fully saturated rings. The fourth-order valence-corrected chi connectivity index (χ4v) is 5.10. The number of carbonyl (C=O) groups is 1. The summed E-state index contributed by atoms with van der Waals surface area (Å²) in [5.41, 5.74) is 4.56. The second-order valence-corrected chi connectivity index (χ2v) is 9.83. The van der Waals surface area contributed by atoms with Gasteiger partial charge in [0.2, 0.25) is 5.95 Å². The van der Waals surface area contributed by atoms with E-state index in [1.165, 1.54) is 5.56 Å². The van der Waals surface area contributed by atoms with Crippen molar-refractivity contribution >= 4 is 11.9 Å². The highest BCUT2D eigenvalue weighted by Crippen LogP contribution is 2.54. The van der Waals surface area contributed by atoms with Crippen LogP contribution in [0.3, 0.4) is 0 Å². The molecule has 1 saturated carbocycles. The number of aryl methyl sites for hydroxylation is 1. The first-order valence-electron chi connectivity index (χ1n) is 12.6. The molecule has 2 aromatic carbocycles. The van der Waals surface area contributed by atoms with Crippen molar-refractivity contribution in [2.45, 2.75) is 57.9 Å². The molecule has 0 bridgehead atoms. The first-order valence-corrected chi connectivity index (χ1v) is 12.6. The smallest absolute Gasteiger partial charge is 0.255 e. The van der Waals surface area contributed by atoms with Crippen LogP contribution in [0.5, 0.6) is 0 Å². The van der Waals surface area contributed by atoms with E-state index in [1.807, 2.05) is 36.4 Å². The van der Waals surface area contributed by atoms with Gasteiger partial charge in [-0.15, -0.1) is 0 Å². The van der Waals surface area contributed by atoms with Crippen LogP contribution in [0.15, 0.2) is 60.7 Å². The van der Waals surface area contributed by atoms with Crippen molar-refractivity contribution in [3.05, 3.63) is 88.7 Å². The van der Waals surface area contributed by atoms with Crippen molar-refractivity contribution in [1.29, 1.82) is 0 Å². The molecule has 34 heavy (non-hydrogen) atoms. The molecule has 1 aliphatic carbocycles. The van der Waals surface area contributed by atoms with Crippen LogP contribution in [0.25, 0.3) is 0 Å². The molecule has 1 aliphatic heterocycles. The lowest BCUT2D eigenvalue weighted by atomic mass is 9.88. The van der Waals surface area contributed by atoms with Gasteiger partial charge in [-0.2, -0.15) is 0 Å². The van der Waals surface area contributed by atoms with Crippen molar-refractivity contribution in [3.8, 4) is 0 Å². The lowest BCUT2D eigenvalue weighted by Gasteiger charge is -2.32. The third kappa shape index (κ3) is 4.44. The average Bonchev–Trinajstić information content (AvgIpc) is 3.70. The Morgan fingerprint density at radius 3 is 2.26 bits per heavy atom. The van der Waals surface area contributed by atoms with Crippen LogP contribution in [0.4, 0.5) is 5.95 Å². The maximum atomic E-state index is 13.7. The Hall–Kier alpha value is -3.21. The van der Waals surface area contributed by atoms with Crippen molar-refractivity contribution in [2.75, 3.05) is 18.0 Å². The molecule has 0 unspecified atom stereocenters. The highest BCUT2D eigenvalue weighted by molar-refractivity contribution is 5.97. The van der Waals surface area contributed by atoms with Crippen molar-refractivity contribution in [3.63, 3.8) is 0 Å². The minimum atomic E-state index is -0.203. The van der Waals surface area contributed by atoms with Gasteiger partial charge in [0, 0.05) is 25.0 Å². The van der Waals surface area contributed by atoms with E-state index in [4.69, 9.17) is 9.97 Å². The molecule has 0 radical (unpaired) electrons. The molecule has 2 aliphatic rings. The molecule has 1 amide bonds. The van der Waals surface area contributed by atoms with Gasteiger partial charge in [-0.1, -0.05) is 74.5 Å². The maximum absolute atomic E-state index is 13.7. The van der Waals surface area contributed by atoms with E-state index in [9.17, 15) is 4.79 Å². The molecule has 5 heteroatoms. The van der Waals surface area contributed by atoms with E-state index in [0.717, 1.165) is 67.6 Å². The van der Waals surface area contributed by atoms with Crippen LogP contribution in [-0.2, 0) is 18.4 Å². The number of rotatable bonds is 7. The van der Waals surface area contributed by atoms with E-state index in [0.29, 0.717) is 18.5 Å². The van der Waals surface area contributed by atoms with Crippen LogP contribution in [0.2, 0.25) is 0 Å². The number of nitrogens with zero attached hydrogens (tertiary/aromatic N) is 3. The fourth-order valence-electron chi connectivity index (χ4n) is 5.10. The number of piperidine rings is 1. The van der Waals surface area contributed by atoms with Gasteiger partial charge in [0.1, 0.15) is 0 Å². The molecule has 0 atom stereocenters. The summed E-state index contributed by atoms with van der Waals surface area (Å²) in [7, 11) is 0. The molecular formula is C29H34N4O. The SMILES string of the molecule is CCc1nc(N2CCC(C)CC2)nc(C2(c3ccccc3)CC2)c1C(=O)NCc1ccccc1. The van der Waals surface area contributed by atoms with Crippen LogP contribution in [0.1, 0.15) is 72.4 Å². The summed E-state index contributed by atoms with van der Waals surface area (Å²) in [5, 5.41) is 3.15. The summed E-state index contributed by atoms with van der Waals surface area (Å²) in [6.07, 6.45) is 5.03. The number of hydrogen-bond acceptors (Lipinski definition) is 4. The minimum Gasteiger partial charge on any atom is -0.348 e. The molecule has 5 nitrogen and oxygen atoms in total. The molecule has 176 valence electrons. The number of carbonyl (C=O) groups excluding carboxylic acids is 1. The molecule has 0 spiro atoms. The van der Waals surface area contributed by atoms with Gasteiger partial charge in [0.25, 0.3) is 5.91 Å². The highest BCUT2D eigenvalue weighted by Gasteiger charge is 2.50. The molecular weight excluding hydrogens is 420 g/mol. The minimum absolute atomic E-state index is 0.0725. The summed E-state index contributed by atoms with van der Waals surface area (Å²) in [4.78, 5) is 26.1. The first-order chi connectivity index (χ1) is 16.6. The van der Waals surface area contributed by atoms with E-state index in [-0.39, 0.29) is 11.3 Å². The quantitative estimate of drug-likeness (QED) is 0.527. The Morgan fingerprint density at radius 1 is 1.00 bits per heavy atom. The number of amides is 1. The van der Waals surface area contributed by atoms with E-state index in [1.54, 1.807) is 0 Å². The zero-order chi connectivity index (χ0) is 23.5. The van der Waals surface area contributed by atoms with Gasteiger partial charge in [-0.05, 0) is 49.1 Å². The number of anilines is 1. The third-order valence-corrected chi connectivity index (χ3v) is 7.43. The Labute approximate surface area is 202 Å². The number of aromatic nitrogens is 2. The zero-order valence-electron chi connectivity index (χ0n) is 20.3. The average molecular weight is 455 g/mol. The van der Waals surface area contributed by atoms with Crippen LogP contribution < -0.4 is 10.2 Å². The van der Waals surface area contributed by atoms with Crippen LogP contribution in [-0.4, -0.2) is 29.0 Å². The normalized spacial score (nSPS) is 17.4. The van der Waals surface area contributed by atoms with Gasteiger partial charge in [0.05, 0.1) is 17.0 Å². The lowest BCUT2D eigenvalue weighted by molar-refractivity contribution is 0.0947. The fraction of sp³-hybridized carbons (Fsp3) is 0.414. The molecule has 1 N–H and O–H groups in total. The Kier molecular flexibility index (Phi) is 6.36. The third-order valence-electron chi connectivity index (χ3n) is 7.43. The first kappa shape index (κ1) is 22.6. The zero-order valence-corrected chi connectivity index (χ0v) is 20.3. The molecule has 3 aromatic rings. The van der Waals surface area contributed by atoms with E-state index in [2.05, 4.69) is 48.3 Å². The predicted octanol–water partition coefficient (Wildman–Crippen LogP) is 5.29. The van der Waals surface area contributed by atoms with Gasteiger partial charge in [-0.25, -0.2) is 9.97 Å². The summed E-state index contributed by atoms with van der Waals surface area (Å²) < 4.78 is 0. The molecule has 5 rings (SSSR count). The Morgan fingerprint density at radius 2 is 1.65 bits per heavy atom. The molecule has 2 heterocycles. The number of benzene rings is 2. The largest absolute Gasteiger partial charge is 0.348 e. The van der Waals surface area contributed by atoms with Crippen molar-refractivity contribution in [1.82, 2.24) is 15.3 Å². The second kappa shape index (κ2) is 9.57.